The van der Waals surface area contributed by atoms with E-state index < -0.39 is 17.7 Å². The number of nitrogens with one attached hydrogen (secondary N) is 2. The summed E-state index contributed by atoms with van der Waals surface area (Å²) in [5.74, 6) is -2.20. The van der Waals surface area contributed by atoms with Gasteiger partial charge in [0.1, 0.15) is 6.04 Å². The molecule has 0 saturated carbocycles. The van der Waals surface area contributed by atoms with Crippen molar-refractivity contribution in [3.8, 4) is 0 Å². The molecule has 2 aromatic carbocycles. The molecule has 1 unspecified atom stereocenters. The van der Waals surface area contributed by atoms with Gasteiger partial charge in [0.05, 0.1) is 0 Å². The van der Waals surface area contributed by atoms with Crippen molar-refractivity contribution >= 4 is 11.6 Å². The van der Waals surface area contributed by atoms with Crippen LogP contribution >= 0.6 is 0 Å². The fourth-order valence-corrected chi connectivity index (χ4v) is 2.53. The summed E-state index contributed by atoms with van der Waals surface area (Å²) in [6.07, 6.45) is 0.866. The van der Waals surface area contributed by atoms with E-state index in [0.717, 1.165) is 29.7 Å². The van der Waals surface area contributed by atoms with E-state index in [4.69, 9.17) is 0 Å². The number of carbonyl (C=O) groups is 1. The van der Waals surface area contributed by atoms with Crippen LogP contribution in [0, 0.1) is 11.6 Å². The molecular weight excluding hydrogens is 274 g/mol. The van der Waals surface area contributed by atoms with Gasteiger partial charge in [-0.15, -0.1) is 0 Å². The molecule has 0 bridgehead atoms. The smallest absolute Gasteiger partial charge is 0.246 e. The number of rotatable bonds is 2. The Kier molecular flexibility index (Phi) is 3.66. The zero-order valence-corrected chi connectivity index (χ0v) is 11.2. The third-order valence-corrected chi connectivity index (χ3v) is 3.56. The Balaban J connectivity index is 1.81. The Morgan fingerprint density at radius 2 is 1.95 bits per heavy atom. The highest BCUT2D eigenvalue weighted by Gasteiger charge is 2.25. The Morgan fingerprint density at radius 3 is 2.76 bits per heavy atom. The van der Waals surface area contributed by atoms with Crippen molar-refractivity contribution in [3.63, 3.8) is 0 Å². The molecule has 1 amide bonds. The van der Waals surface area contributed by atoms with Crippen LogP contribution in [0.3, 0.4) is 0 Å². The predicted molar refractivity (Wildman–Crippen MR) is 75.9 cm³/mol. The number of fused-ring (bicyclic) bond motifs is 1. The van der Waals surface area contributed by atoms with Crippen LogP contribution in [0.2, 0.25) is 0 Å². The van der Waals surface area contributed by atoms with Crippen molar-refractivity contribution in [1.29, 1.82) is 0 Å². The number of hydrogen-bond donors (Lipinski definition) is 2. The summed E-state index contributed by atoms with van der Waals surface area (Å²) in [6.45, 7) is 0.701. The van der Waals surface area contributed by atoms with Crippen LogP contribution in [-0.2, 0) is 11.2 Å². The number of anilines is 1. The lowest BCUT2D eigenvalue weighted by Gasteiger charge is -2.26. The van der Waals surface area contributed by atoms with Gasteiger partial charge in [0, 0.05) is 18.3 Å². The average Bonchev–Trinajstić information content (AvgIpc) is 2.50. The molecule has 1 heterocycles. The number of hydrogen-bond acceptors (Lipinski definition) is 2. The summed E-state index contributed by atoms with van der Waals surface area (Å²) in [6, 6.07) is 10.5. The number of halogens is 2. The molecule has 3 rings (SSSR count). The molecule has 0 spiro atoms. The Labute approximate surface area is 121 Å². The quantitative estimate of drug-likeness (QED) is 0.892. The molecule has 0 saturated heterocycles. The van der Waals surface area contributed by atoms with Crippen LogP contribution in [0.15, 0.2) is 42.5 Å². The van der Waals surface area contributed by atoms with Gasteiger partial charge >= 0.3 is 0 Å². The van der Waals surface area contributed by atoms with E-state index in [0.29, 0.717) is 6.54 Å². The lowest BCUT2D eigenvalue weighted by atomic mass is 9.94. The van der Waals surface area contributed by atoms with Crippen LogP contribution in [0.5, 0.6) is 0 Å². The minimum absolute atomic E-state index is 0.240. The molecule has 1 aliphatic rings. The van der Waals surface area contributed by atoms with Crippen LogP contribution in [0.4, 0.5) is 14.5 Å². The first-order valence-corrected chi connectivity index (χ1v) is 6.72. The fourth-order valence-electron chi connectivity index (χ4n) is 2.53. The third kappa shape index (κ3) is 2.78. The van der Waals surface area contributed by atoms with Gasteiger partial charge in [0.2, 0.25) is 5.91 Å². The Morgan fingerprint density at radius 1 is 1.14 bits per heavy atom. The Bertz CT molecular complexity index is 688. The monoisotopic (exact) mass is 288 g/mol. The molecule has 5 heteroatoms. The van der Waals surface area contributed by atoms with Gasteiger partial charge in [-0.1, -0.05) is 24.3 Å². The van der Waals surface area contributed by atoms with Crippen molar-refractivity contribution in [3.05, 3.63) is 65.2 Å². The minimum Gasteiger partial charge on any atom is -0.324 e. The van der Waals surface area contributed by atoms with Gasteiger partial charge in [-0.2, -0.15) is 0 Å². The van der Waals surface area contributed by atoms with Crippen molar-refractivity contribution in [2.45, 2.75) is 12.5 Å². The van der Waals surface area contributed by atoms with Gasteiger partial charge in [-0.3, -0.25) is 4.79 Å². The second kappa shape index (κ2) is 5.61. The highest BCUT2D eigenvalue weighted by atomic mass is 19.2. The molecule has 0 fully saturated rings. The summed E-state index contributed by atoms with van der Waals surface area (Å²) in [5, 5.41) is 5.75. The maximum atomic E-state index is 13.2. The predicted octanol–water partition coefficient (Wildman–Crippen LogP) is 2.79. The average molecular weight is 288 g/mol. The standard InChI is InChI=1S/C16H14F2N2O/c17-13-6-5-11(9-14(13)18)20-16(21)15-12-4-2-1-3-10(12)7-8-19-15/h1-6,9,15,19H,7-8H2,(H,20,21). The van der Waals surface area contributed by atoms with Crippen molar-refractivity contribution in [1.82, 2.24) is 5.32 Å². The molecule has 2 N–H and O–H groups in total. The van der Waals surface area contributed by atoms with E-state index >= 15 is 0 Å². The second-order valence-corrected chi connectivity index (χ2v) is 4.95. The zero-order valence-electron chi connectivity index (χ0n) is 11.2. The van der Waals surface area contributed by atoms with Crippen LogP contribution in [0.25, 0.3) is 0 Å². The van der Waals surface area contributed by atoms with E-state index in [1.807, 2.05) is 24.3 Å². The molecule has 0 aliphatic carbocycles. The third-order valence-electron chi connectivity index (χ3n) is 3.56. The van der Waals surface area contributed by atoms with E-state index in [9.17, 15) is 13.6 Å². The van der Waals surface area contributed by atoms with Gasteiger partial charge in [0.15, 0.2) is 11.6 Å². The van der Waals surface area contributed by atoms with E-state index in [1.165, 1.54) is 6.07 Å². The normalized spacial score (nSPS) is 17.1. The molecule has 1 atom stereocenters. The number of benzene rings is 2. The number of carbonyl (C=O) groups excluding carboxylic acids is 1. The van der Waals surface area contributed by atoms with Crippen molar-refractivity contribution in [2.24, 2.45) is 0 Å². The van der Waals surface area contributed by atoms with Gasteiger partial charge in [0.25, 0.3) is 0 Å². The molecule has 3 nitrogen and oxygen atoms in total. The first-order valence-electron chi connectivity index (χ1n) is 6.72. The largest absolute Gasteiger partial charge is 0.324 e. The van der Waals surface area contributed by atoms with Gasteiger partial charge < -0.3 is 10.6 Å². The maximum Gasteiger partial charge on any atom is 0.246 e. The highest BCUT2D eigenvalue weighted by molar-refractivity contribution is 5.95. The molecule has 0 radical (unpaired) electrons. The summed E-state index contributed by atoms with van der Waals surface area (Å²) in [7, 11) is 0. The summed E-state index contributed by atoms with van der Waals surface area (Å²) < 4.78 is 26.1. The fraction of sp³-hybridized carbons (Fsp3) is 0.188. The minimum atomic E-state index is -0.982. The molecular formula is C16H14F2N2O. The molecule has 0 aromatic heterocycles. The van der Waals surface area contributed by atoms with Crippen molar-refractivity contribution in [2.75, 3.05) is 11.9 Å². The first kappa shape index (κ1) is 13.7. The summed E-state index contributed by atoms with van der Waals surface area (Å²) >= 11 is 0. The lowest BCUT2D eigenvalue weighted by Crippen LogP contribution is -2.38. The Hall–Kier alpha value is -2.27. The summed E-state index contributed by atoms with van der Waals surface area (Å²) in [5.41, 5.74) is 2.29. The zero-order chi connectivity index (χ0) is 14.8. The van der Waals surface area contributed by atoms with Crippen LogP contribution in [-0.4, -0.2) is 12.5 Å². The van der Waals surface area contributed by atoms with Crippen molar-refractivity contribution < 1.29 is 13.6 Å². The lowest BCUT2D eigenvalue weighted by molar-refractivity contribution is -0.118. The van der Waals surface area contributed by atoms with E-state index in [2.05, 4.69) is 10.6 Å². The number of amides is 1. The first-order chi connectivity index (χ1) is 10.1. The van der Waals surface area contributed by atoms with Crippen LogP contribution < -0.4 is 10.6 Å². The molecule has 1 aliphatic heterocycles. The topological polar surface area (TPSA) is 41.1 Å². The molecule has 21 heavy (non-hydrogen) atoms. The van der Waals surface area contributed by atoms with Crippen LogP contribution in [0.1, 0.15) is 17.2 Å². The second-order valence-electron chi connectivity index (χ2n) is 4.95. The van der Waals surface area contributed by atoms with E-state index in [-0.39, 0.29) is 11.6 Å². The summed E-state index contributed by atoms with van der Waals surface area (Å²) in [4.78, 5) is 12.3. The van der Waals surface area contributed by atoms with Gasteiger partial charge in [-0.05, 0) is 29.7 Å². The molecule has 108 valence electrons. The highest BCUT2D eigenvalue weighted by Crippen LogP contribution is 2.24. The van der Waals surface area contributed by atoms with Gasteiger partial charge in [-0.25, -0.2) is 8.78 Å². The SMILES string of the molecule is O=C(Nc1ccc(F)c(F)c1)C1NCCc2ccccc21. The van der Waals surface area contributed by atoms with E-state index in [1.54, 1.807) is 0 Å². The maximum absolute atomic E-state index is 13.2. The molecule has 2 aromatic rings.